The summed E-state index contributed by atoms with van der Waals surface area (Å²) in [6, 6.07) is 13.0. The second kappa shape index (κ2) is 6.62. The Bertz CT molecular complexity index is 839. The smallest absolute Gasteiger partial charge is 0.413 e. The van der Waals surface area contributed by atoms with E-state index in [0.29, 0.717) is 11.6 Å². The first-order chi connectivity index (χ1) is 11.6. The summed E-state index contributed by atoms with van der Waals surface area (Å²) in [6.07, 6.45) is -0.418. The average Bonchev–Trinajstić information content (AvgIpc) is 3.01. The van der Waals surface area contributed by atoms with Gasteiger partial charge in [0.2, 0.25) is 5.89 Å². The summed E-state index contributed by atoms with van der Waals surface area (Å²) in [5.74, 6) is 1.20. The van der Waals surface area contributed by atoms with E-state index in [2.05, 4.69) is 4.98 Å². The maximum atomic E-state index is 11.6. The Morgan fingerprint density at radius 3 is 2.75 bits per heavy atom. The molecule has 0 saturated carbocycles. The van der Waals surface area contributed by atoms with Crippen LogP contribution < -0.4 is 9.64 Å². The molecule has 1 heterocycles. The molecule has 6 heteroatoms. The molecule has 0 radical (unpaired) electrons. The summed E-state index contributed by atoms with van der Waals surface area (Å²) < 4.78 is 16.1. The fourth-order valence-corrected chi connectivity index (χ4v) is 2.46. The first-order valence-electron chi connectivity index (χ1n) is 7.48. The Balaban J connectivity index is 1.71. The molecular weight excluding hydrogens is 308 g/mol. The Hall–Kier alpha value is -3.02. The molecule has 0 N–H and O–H groups in total. The molecule has 0 fully saturated rings. The van der Waals surface area contributed by atoms with Crippen LogP contribution in [0.2, 0.25) is 0 Å². The van der Waals surface area contributed by atoms with Gasteiger partial charge in [-0.2, -0.15) is 0 Å². The van der Waals surface area contributed by atoms with Crippen LogP contribution in [-0.2, 0) is 11.3 Å². The highest BCUT2D eigenvalue weighted by atomic mass is 16.5. The summed E-state index contributed by atoms with van der Waals surface area (Å²) in [4.78, 5) is 17.4. The van der Waals surface area contributed by atoms with E-state index in [1.54, 1.807) is 13.1 Å². The Kier molecular flexibility index (Phi) is 4.37. The van der Waals surface area contributed by atoms with Crippen LogP contribution in [0.1, 0.15) is 11.5 Å². The third-order valence-electron chi connectivity index (χ3n) is 3.68. The lowest BCUT2D eigenvalue weighted by atomic mass is 10.2. The number of rotatable bonds is 4. The van der Waals surface area contributed by atoms with Crippen molar-refractivity contribution in [3.63, 3.8) is 0 Å². The molecule has 0 bridgehead atoms. The van der Waals surface area contributed by atoms with E-state index in [9.17, 15) is 4.79 Å². The number of oxazole rings is 1. The van der Waals surface area contributed by atoms with Gasteiger partial charge in [0, 0.05) is 12.7 Å². The number of aromatic nitrogens is 1. The lowest BCUT2D eigenvalue weighted by molar-refractivity contribution is 0.180. The van der Waals surface area contributed by atoms with Gasteiger partial charge in [-0.3, -0.25) is 4.90 Å². The van der Waals surface area contributed by atoms with Gasteiger partial charge in [0.05, 0.1) is 7.11 Å². The van der Waals surface area contributed by atoms with Crippen LogP contribution in [0.4, 0.5) is 10.5 Å². The molecule has 0 saturated heterocycles. The van der Waals surface area contributed by atoms with Crippen LogP contribution in [0.15, 0.2) is 46.9 Å². The van der Waals surface area contributed by atoms with Crippen LogP contribution >= 0.6 is 0 Å². The number of hydrogen-bond donors (Lipinski definition) is 0. The predicted molar refractivity (Wildman–Crippen MR) is 90.3 cm³/mol. The normalized spacial score (nSPS) is 10.6. The zero-order chi connectivity index (χ0) is 17.1. The highest BCUT2D eigenvalue weighted by Crippen LogP contribution is 2.25. The van der Waals surface area contributed by atoms with Crippen molar-refractivity contribution in [2.75, 3.05) is 19.1 Å². The zero-order valence-electron chi connectivity index (χ0n) is 13.8. The van der Waals surface area contributed by atoms with E-state index in [-0.39, 0.29) is 6.61 Å². The quantitative estimate of drug-likeness (QED) is 0.727. The summed E-state index contributed by atoms with van der Waals surface area (Å²) >= 11 is 0. The van der Waals surface area contributed by atoms with E-state index in [1.165, 1.54) is 12.0 Å². The molecule has 24 heavy (non-hydrogen) atoms. The van der Waals surface area contributed by atoms with Crippen molar-refractivity contribution < 1.29 is 18.7 Å². The number of benzene rings is 2. The van der Waals surface area contributed by atoms with Gasteiger partial charge in [-0.05, 0) is 42.8 Å². The SMILES string of the molecule is COC(=O)N(C)c1ccc(OCc2nc3ccccc3o2)cc1C. The standard InChI is InChI=1S/C18H18N2O4/c1-12-10-13(8-9-15(12)20(2)18(21)22-3)23-11-17-19-14-6-4-5-7-16(14)24-17/h4-10H,11H2,1-3H3. The zero-order valence-corrected chi connectivity index (χ0v) is 13.8. The van der Waals surface area contributed by atoms with Gasteiger partial charge in [-0.1, -0.05) is 12.1 Å². The van der Waals surface area contributed by atoms with Crippen molar-refractivity contribution in [3.05, 3.63) is 53.9 Å². The molecule has 124 valence electrons. The molecule has 3 rings (SSSR count). The van der Waals surface area contributed by atoms with Crippen molar-refractivity contribution in [1.29, 1.82) is 0 Å². The Morgan fingerprint density at radius 1 is 1.25 bits per heavy atom. The molecule has 0 aliphatic rings. The van der Waals surface area contributed by atoms with Crippen molar-refractivity contribution in [3.8, 4) is 5.75 Å². The maximum Gasteiger partial charge on any atom is 0.413 e. The summed E-state index contributed by atoms with van der Waals surface area (Å²) in [5.41, 5.74) is 3.21. The predicted octanol–water partition coefficient (Wildman–Crippen LogP) is 3.92. The Morgan fingerprint density at radius 2 is 2.04 bits per heavy atom. The average molecular weight is 326 g/mol. The minimum Gasteiger partial charge on any atom is -0.484 e. The van der Waals surface area contributed by atoms with Crippen molar-refractivity contribution in [2.45, 2.75) is 13.5 Å². The molecule has 0 aliphatic heterocycles. The molecular formula is C18H18N2O4. The molecule has 1 aromatic heterocycles. The fourth-order valence-electron chi connectivity index (χ4n) is 2.46. The largest absolute Gasteiger partial charge is 0.484 e. The number of ether oxygens (including phenoxy) is 2. The number of nitrogens with zero attached hydrogens (tertiary/aromatic N) is 2. The molecule has 6 nitrogen and oxygen atoms in total. The second-order valence-electron chi connectivity index (χ2n) is 5.34. The number of aryl methyl sites for hydroxylation is 1. The number of carbonyl (C=O) groups excluding carboxylic acids is 1. The monoisotopic (exact) mass is 326 g/mol. The van der Waals surface area contributed by atoms with Gasteiger partial charge in [-0.15, -0.1) is 0 Å². The van der Waals surface area contributed by atoms with E-state index in [0.717, 1.165) is 22.4 Å². The van der Waals surface area contributed by atoms with Crippen molar-refractivity contribution in [2.24, 2.45) is 0 Å². The van der Waals surface area contributed by atoms with Crippen LogP contribution in [0, 0.1) is 6.92 Å². The summed E-state index contributed by atoms with van der Waals surface area (Å²) in [6.45, 7) is 2.14. The van der Waals surface area contributed by atoms with E-state index in [4.69, 9.17) is 13.9 Å². The van der Waals surface area contributed by atoms with Crippen LogP contribution in [0.3, 0.4) is 0 Å². The van der Waals surface area contributed by atoms with Crippen molar-refractivity contribution >= 4 is 22.9 Å². The highest BCUT2D eigenvalue weighted by molar-refractivity contribution is 5.88. The van der Waals surface area contributed by atoms with Gasteiger partial charge in [0.1, 0.15) is 11.3 Å². The van der Waals surface area contributed by atoms with Crippen LogP contribution in [0.25, 0.3) is 11.1 Å². The Labute approximate surface area is 139 Å². The van der Waals surface area contributed by atoms with Gasteiger partial charge < -0.3 is 13.9 Å². The minimum absolute atomic E-state index is 0.236. The number of carbonyl (C=O) groups is 1. The first kappa shape index (κ1) is 15.9. The maximum absolute atomic E-state index is 11.6. The third kappa shape index (κ3) is 3.17. The topological polar surface area (TPSA) is 64.8 Å². The number of hydrogen-bond acceptors (Lipinski definition) is 5. The van der Waals surface area contributed by atoms with Gasteiger partial charge in [-0.25, -0.2) is 9.78 Å². The second-order valence-corrected chi connectivity index (χ2v) is 5.34. The van der Waals surface area contributed by atoms with E-state index >= 15 is 0 Å². The molecule has 1 amide bonds. The van der Waals surface area contributed by atoms with Crippen LogP contribution in [0.5, 0.6) is 5.75 Å². The molecule has 0 aliphatic carbocycles. The molecule has 3 aromatic rings. The number of para-hydroxylation sites is 2. The third-order valence-corrected chi connectivity index (χ3v) is 3.68. The molecule has 0 spiro atoms. The molecule has 0 atom stereocenters. The molecule has 2 aromatic carbocycles. The highest BCUT2D eigenvalue weighted by Gasteiger charge is 2.14. The number of fused-ring (bicyclic) bond motifs is 1. The first-order valence-corrected chi connectivity index (χ1v) is 7.48. The van der Waals surface area contributed by atoms with Gasteiger partial charge in [0.25, 0.3) is 0 Å². The summed E-state index contributed by atoms with van der Waals surface area (Å²) in [7, 11) is 3.01. The number of amides is 1. The van der Waals surface area contributed by atoms with E-state index in [1.807, 2.05) is 43.3 Å². The van der Waals surface area contributed by atoms with Gasteiger partial charge >= 0.3 is 6.09 Å². The number of anilines is 1. The lowest BCUT2D eigenvalue weighted by Gasteiger charge is -2.18. The lowest BCUT2D eigenvalue weighted by Crippen LogP contribution is -2.26. The fraction of sp³-hybridized carbons (Fsp3) is 0.222. The van der Waals surface area contributed by atoms with Gasteiger partial charge in [0.15, 0.2) is 12.2 Å². The minimum atomic E-state index is -0.418. The molecule has 0 unspecified atom stereocenters. The van der Waals surface area contributed by atoms with Crippen LogP contribution in [-0.4, -0.2) is 25.2 Å². The van der Waals surface area contributed by atoms with E-state index < -0.39 is 6.09 Å². The van der Waals surface area contributed by atoms with Crippen molar-refractivity contribution in [1.82, 2.24) is 4.98 Å². The summed E-state index contributed by atoms with van der Waals surface area (Å²) in [5, 5.41) is 0. The number of methoxy groups -OCH3 is 1.